The highest BCUT2D eigenvalue weighted by Crippen LogP contribution is 2.42. The molecular weight excluding hydrogens is 410 g/mol. The molecule has 3 nitrogen and oxygen atoms in total. The van der Waals surface area contributed by atoms with Crippen molar-refractivity contribution in [3.63, 3.8) is 0 Å². The van der Waals surface area contributed by atoms with Gasteiger partial charge in [-0.15, -0.1) is 0 Å². The summed E-state index contributed by atoms with van der Waals surface area (Å²) in [5.74, 6) is 0. The van der Waals surface area contributed by atoms with Crippen LogP contribution in [-0.4, -0.2) is 9.97 Å². The molecule has 4 aromatic carbocycles. The van der Waals surface area contributed by atoms with Gasteiger partial charge in [0.25, 0.3) is 0 Å². The molecule has 0 aliphatic rings. The van der Waals surface area contributed by atoms with E-state index in [4.69, 9.17) is 0 Å². The van der Waals surface area contributed by atoms with Crippen LogP contribution in [0, 0.1) is 0 Å². The summed E-state index contributed by atoms with van der Waals surface area (Å²) in [5.41, 5.74) is 7.98. The summed E-state index contributed by atoms with van der Waals surface area (Å²) < 4.78 is 3.57. The SMILES string of the molecule is c1ccc(-c2cc(-c3ccccc3)c(NSc3ncccn3)c(-c3ccccc3)c2)cc1. The van der Waals surface area contributed by atoms with E-state index in [1.165, 1.54) is 23.1 Å². The Morgan fingerprint density at radius 2 is 0.969 bits per heavy atom. The lowest BCUT2D eigenvalue weighted by atomic mass is 9.91. The van der Waals surface area contributed by atoms with Crippen LogP contribution >= 0.6 is 11.9 Å². The number of rotatable bonds is 6. The van der Waals surface area contributed by atoms with Crippen LogP contribution in [0.25, 0.3) is 33.4 Å². The van der Waals surface area contributed by atoms with Crippen LogP contribution in [0.15, 0.2) is 127 Å². The number of anilines is 1. The summed E-state index contributed by atoms with van der Waals surface area (Å²) in [7, 11) is 0. The van der Waals surface area contributed by atoms with Gasteiger partial charge in [-0.25, -0.2) is 9.97 Å². The maximum Gasteiger partial charge on any atom is 0.208 e. The first-order chi connectivity index (χ1) is 15.9. The van der Waals surface area contributed by atoms with Gasteiger partial charge in [-0.05, 0) is 40.5 Å². The normalized spacial score (nSPS) is 10.6. The smallest absolute Gasteiger partial charge is 0.208 e. The molecule has 0 fully saturated rings. The topological polar surface area (TPSA) is 37.8 Å². The molecule has 0 atom stereocenters. The van der Waals surface area contributed by atoms with Gasteiger partial charge >= 0.3 is 0 Å². The Balaban J connectivity index is 1.71. The summed E-state index contributed by atoms with van der Waals surface area (Å²) in [5, 5.41) is 0.678. The molecule has 0 bridgehead atoms. The molecule has 1 N–H and O–H groups in total. The largest absolute Gasteiger partial charge is 0.322 e. The van der Waals surface area contributed by atoms with Crippen molar-refractivity contribution in [3.05, 3.63) is 122 Å². The first-order valence-electron chi connectivity index (χ1n) is 10.4. The number of aromatic nitrogens is 2. The molecule has 0 aliphatic heterocycles. The number of hydrogen-bond donors (Lipinski definition) is 1. The van der Waals surface area contributed by atoms with Crippen molar-refractivity contribution in [1.29, 1.82) is 0 Å². The lowest BCUT2D eigenvalue weighted by molar-refractivity contribution is 0.970. The minimum Gasteiger partial charge on any atom is -0.322 e. The van der Waals surface area contributed by atoms with Gasteiger partial charge in [0.05, 0.1) is 5.69 Å². The van der Waals surface area contributed by atoms with E-state index in [1.54, 1.807) is 12.4 Å². The molecule has 0 aliphatic carbocycles. The third-order valence-electron chi connectivity index (χ3n) is 5.20. The van der Waals surface area contributed by atoms with E-state index in [2.05, 4.69) is 99.6 Å². The second-order valence-corrected chi connectivity index (χ2v) is 8.05. The Bertz CT molecular complexity index is 1230. The highest BCUT2D eigenvalue weighted by atomic mass is 32.2. The molecule has 0 spiro atoms. The zero-order valence-electron chi connectivity index (χ0n) is 17.3. The standard InChI is InChI=1S/C28H21N3S/c1-4-11-21(12-5-1)24-19-25(22-13-6-2-7-14-22)27(31-32-28-29-17-10-18-30-28)26(20-24)23-15-8-3-9-16-23/h1-20,31H. The fraction of sp³-hybridized carbons (Fsp3) is 0. The third-order valence-corrected chi connectivity index (χ3v) is 5.90. The van der Waals surface area contributed by atoms with E-state index in [1.807, 2.05) is 24.3 Å². The predicted octanol–water partition coefficient (Wildman–Crippen LogP) is 7.60. The predicted molar refractivity (Wildman–Crippen MR) is 134 cm³/mol. The third kappa shape index (κ3) is 4.41. The van der Waals surface area contributed by atoms with Crippen molar-refractivity contribution in [2.45, 2.75) is 5.16 Å². The van der Waals surface area contributed by atoms with E-state index in [-0.39, 0.29) is 0 Å². The Morgan fingerprint density at radius 1 is 0.500 bits per heavy atom. The van der Waals surface area contributed by atoms with Crippen molar-refractivity contribution >= 4 is 17.6 Å². The first kappa shape index (κ1) is 20.0. The molecule has 154 valence electrons. The maximum absolute atomic E-state index is 4.35. The average Bonchev–Trinajstić information content (AvgIpc) is 2.89. The second-order valence-electron chi connectivity index (χ2n) is 7.28. The number of nitrogens with one attached hydrogen (secondary N) is 1. The lowest BCUT2D eigenvalue weighted by Crippen LogP contribution is -1.97. The van der Waals surface area contributed by atoms with Crippen LogP contribution < -0.4 is 4.72 Å². The summed E-state index contributed by atoms with van der Waals surface area (Å²) in [6, 6.07) is 37.8. The van der Waals surface area contributed by atoms with Crippen LogP contribution in [-0.2, 0) is 0 Å². The summed E-state index contributed by atoms with van der Waals surface area (Å²) in [4.78, 5) is 8.71. The fourth-order valence-corrected chi connectivity index (χ4v) is 4.32. The molecule has 0 unspecified atom stereocenters. The minimum atomic E-state index is 0.678. The van der Waals surface area contributed by atoms with Crippen molar-refractivity contribution in [1.82, 2.24) is 9.97 Å². The molecule has 32 heavy (non-hydrogen) atoms. The van der Waals surface area contributed by atoms with Gasteiger partial charge in [0.2, 0.25) is 5.16 Å². The Hall–Kier alpha value is -3.89. The van der Waals surface area contributed by atoms with E-state index in [9.17, 15) is 0 Å². The van der Waals surface area contributed by atoms with Crippen molar-refractivity contribution in [2.75, 3.05) is 4.72 Å². The van der Waals surface area contributed by atoms with Gasteiger partial charge in [-0.1, -0.05) is 91.0 Å². The molecule has 0 radical (unpaired) electrons. The molecule has 5 aromatic rings. The fourth-order valence-electron chi connectivity index (χ4n) is 3.67. The van der Waals surface area contributed by atoms with Crippen LogP contribution in [0.3, 0.4) is 0 Å². The molecule has 1 heterocycles. The van der Waals surface area contributed by atoms with Crippen LogP contribution in [0.5, 0.6) is 0 Å². The molecule has 4 heteroatoms. The zero-order chi connectivity index (χ0) is 21.6. The Labute approximate surface area is 192 Å². The van der Waals surface area contributed by atoms with Crippen molar-refractivity contribution in [2.24, 2.45) is 0 Å². The number of benzene rings is 4. The van der Waals surface area contributed by atoms with Gasteiger partial charge in [-0.2, -0.15) is 0 Å². The number of hydrogen-bond acceptors (Lipinski definition) is 4. The first-order valence-corrected chi connectivity index (χ1v) is 11.2. The Morgan fingerprint density at radius 3 is 1.47 bits per heavy atom. The molecule has 5 rings (SSSR count). The van der Waals surface area contributed by atoms with Crippen LogP contribution in [0.1, 0.15) is 0 Å². The zero-order valence-corrected chi connectivity index (χ0v) is 18.2. The summed E-state index contributed by atoms with van der Waals surface area (Å²) >= 11 is 1.42. The summed E-state index contributed by atoms with van der Waals surface area (Å²) in [6.07, 6.45) is 3.51. The molecular formula is C28H21N3S. The van der Waals surface area contributed by atoms with Gasteiger partial charge < -0.3 is 4.72 Å². The highest BCUT2D eigenvalue weighted by molar-refractivity contribution is 8.00. The van der Waals surface area contributed by atoms with Crippen molar-refractivity contribution in [3.8, 4) is 33.4 Å². The van der Waals surface area contributed by atoms with E-state index in [0.717, 1.165) is 27.9 Å². The lowest BCUT2D eigenvalue weighted by Gasteiger charge is -2.19. The van der Waals surface area contributed by atoms with Crippen LogP contribution in [0.4, 0.5) is 5.69 Å². The number of nitrogens with zero attached hydrogens (tertiary/aromatic N) is 2. The molecule has 0 amide bonds. The van der Waals surface area contributed by atoms with Gasteiger partial charge in [0, 0.05) is 35.5 Å². The van der Waals surface area contributed by atoms with Crippen LogP contribution in [0.2, 0.25) is 0 Å². The van der Waals surface area contributed by atoms with Crippen molar-refractivity contribution < 1.29 is 0 Å². The quantitative estimate of drug-likeness (QED) is 0.222. The van der Waals surface area contributed by atoms with Gasteiger partial charge in [0.1, 0.15) is 0 Å². The summed E-state index contributed by atoms with van der Waals surface area (Å²) in [6.45, 7) is 0. The Kier molecular flexibility index (Phi) is 5.95. The molecule has 0 saturated heterocycles. The second kappa shape index (κ2) is 9.50. The highest BCUT2D eigenvalue weighted by Gasteiger charge is 2.16. The maximum atomic E-state index is 4.35. The van der Waals surface area contributed by atoms with E-state index >= 15 is 0 Å². The molecule has 0 saturated carbocycles. The van der Waals surface area contributed by atoms with E-state index < -0.39 is 0 Å². The minimum absolute atomic E-state index is 0.678. The van der Waals surface area contributed by atoms with Gasteiger partial charge in [0.15, 0.2) is 0 Å². The molecule has 1 aromatic heterocycles. The van der Waals surface area contributed by atoms with Gasteiger partial charge in [-0.3, -0.25) is 0 Å². The average molecular weight is 432 g/mol. The monoisotopic (exact) mass is 431 g/mol. The van der Waals surface area contributed by atoms with E-state index in [0.29, 0.717) is 5.16 Å².